The van der Waals surface area contributed by atoms with Crippen molar-refractivity contribution >= 4 is 42.6 Å². The summed E-state index contributed by atoms with van der Waals surface area (Å²) >= 11 is 0. The van der Waals surface area contributed by atoms with Gasteiger partial charge in [0.2, 0.25) is 0 Å². The molecule has 0 aromatic heterocycles. The van der Waals surface area contributed by atoms with Crippen molar-refractivity contribution < 1.29 is 4.79 Å². The van der Waals surface area contributed by atoms with Crippen LogP contribution < -0.4 is 21.2 Å². The Hall–Kier alpha value is -2.59. The fraction of sp³-hybridized carbons (Fsp3) is 0.0385. The molecule has 0 atom stereocenters. The highest BCUT2D eigenvalue weighted by Gasteiger charge is 2.26. The van der Waals surface area contributed by atoms with Crippen LogP contribution in [-0.2, 0) is 4.79 Å². The second-order valence-electron chi connectivity index (χ2n) is 6.66. The minimum Gasteiger partial charge on any atom is -0.293 e. The molecule has 142 valence electrons. The maximum atomic E-state index is 13.7. The Morgan fingerprint density at radius 2 is 0.793 bits per heavy atom. The molecule has 0 aliphatic heterocycles. The lowest BCUT2D eigenvalue weighted by molar-refractivity contribution is -0.109. The first-order valence-electron chi connectivity index (χ1n) is 9.63. The molecule has 1 nitrogen and oxygen atoms in total. The van der Waals surface area contributed by atoms with Gasteiger partial charge < -0.3 is 0 Å². The van der Waals surface area contributed by atoms with E-state index in [0.29, 0.717) is 11.7 Å². The third-order valence-corrected chi connectivity index (χ3v) is 9.69. The van der Waals surface area contributed by atoms with Crippen LogP contribution in [0.15, 0.2) is 121 Å². The van der Waals surface area contributed by atoms with E-state index in [4.69, 9.17) is 0 Å². The van der Waals surface area contributed by atoms with Gasteiger partial charge in [0.15, 0.2) is 5.52 Å². The van der Waals surface area contributed by atoms with Gasteiger partial charge in [0.1, 0.15) is 0 Å². The Kier molecular flexibility index (Phi) is 6.63. The van der Waals surface area contributed by atoms with Crippen molar-refractivity contribution in [2.45, 2.75) is 0 Å². The van der Waals surface area contributed by atoms with Crippen LogP contribution in [0.3, 0.4) is 0 Å². The Morgan fingerprint density at radius 3 is 1.14 bits per heavy atom. The van der Waals surface area contributed by atoms with Crippen LogP contribution in [0, 0.1) is 0 Å². The van der Waals surface area contributed by atoms with E-state index < -0.39 is 15.8 Å². The van der Waals surface area contributed by atoms with Crippen LogP contribution in [-0.4, -0.2) is 11.7 Å². The van der Waals surface area contributed by atoms with Crippen molar-refractivity contribution in [2.75, 3.05) is 6.16 Å². The normalized spacial score (nSPS) is 11.0. The number of carbonyl (C=O) groups is 1. The molecule has 4 aromatic carbocycles. The highest BCUT2D eigenvalue weighted by molar-refractivity contribution is 7.90. The maximum Gasteiger partial charge on any atom is 0.168 e. The van der Waals surface area contributed by atoms with Gasteiger partial charge in [0.05, 0.1) is 0 Å². The Bertz CT molecular complexity index is 956. The minimum atomic E-state index is -1.05. The van der Waals surface area contributed by atoms with Gasteiger partial charge in [-0.15, -0.1) is 0 Å². The van der Waals surface area contributed by atoms with E-state index in [1.165, 1.54) is 10.6 Å². The summed E-state index contributed by atoms with van der Waals surface area (Å²) in [6, 6.07) is 41.4. The molecule has 3 heteroatoms. The van der Waals surface area contributed by atoms with Crippen LogP contribution in [0.5, 0.6) is 0 Å². The largest absolute Gasteiger partial charge is 0.293 e. The Balaban J connectivity index is 1.71. The third-order valence-electron chi connectivity index (χ3n) is 4.71. The van der Waals surface area contributed by atoms with E-state index in [2.05, 4.69) is 72.8 Å². The SMILES string of the molecule is O=C(CP(c1ccccc1)c1ccccc1)P(c1ccccc1)c1ccccc1. The summed E-state index contributed by atoms with van der Waals surface area (Å²) in [7, 11) is -1.78. The van der Waals surface area contributed by atoms with Gasteiger partial charge in [-0.25, -0.2) is 0 Å². The third kappa shape index (κ3) is 4.88. The number of rotatable bonds is 7. The first-order chi connectivity index (χ1) is 14.3. The van der Waals surface area contributed by atoms with Crippen molar-refractivity contribution in [1.82, 2.24) is 0 Å². The topological polar surface area (TPSA) is 17.1 Å². The van der Waals surface area contributed by atoms with Gasteiger partial charge in [-0.05, 0) is 29.1 Å². The van der Waals surface area contributed by atoms with E-state index >= 15 is 0 Å². The van der Waals surface area contributed by atoms with Crippen molar-refractivity contribution in [3.63, 3.8) is 0 Å². The fourth-order valence-electron chi connectivity index (χ4n) is 3.34. The number of benzene rings is 4. The molecule has 0 saturated heterocycles. The Labute approximate surface area is 174 Å². The molecule has 4 rings (SSSR count). The summed E-state index contributed by atoms with van der Waals surface area (Å²) in [5.41, 5.74) is 0.330. The summed E-state index contributed by atoms with van der Waals surface area (Å²) in [6.07, 6.45) is 0.554. The summed E-state index contributed by atoms with van der Waals surface area (Å²) in [5, 5.41) is 4.74. The van der Waals surface area contributed by atoms with Crippen LogP contribution in [0.4, 0.5) is 0 Å². The van der Waals surface area contributed by atoms with E-state index in [1.54, 1.807) is 0 Å². The summed E-state index contributed by atoms with van der Waals surface area (Å²) in [4.78, 5) is 13.7. The molecule has 0 saturated carbocycles. The quantitative estimate of drug-likeness (QED) is 0.400. The van der Waals surface area contributed by atoms with Crippen molar-refractivity contribution in [1.29, 1.82) is 0 Å². The molecule has 0 bridgehead atoms. The van der Waals surface area contributed by atoms with E-state index in [0.717, 1.165) is 10.6 Å². The zero-order valence-electron chi connectivity index (χ0n) is 16.1. The van der Waals surface area contributed by atoms with Gasteiger partial charge in [-0.3, -0.25) is 4.79 Å². The highest BCUT2D eigenvalue weighted by Crippen LogP contribution is 2.42. The highest BCUT2D eigenvalue weighted by atomic mass is 31.1. The zero-order valence-corrected chi connectivity index (χ0v) is 17.8. The van der Waals surface area contributed by atoms with Gasteiger partial charge in [-0.2, -0.15) is 0 Å². The molecular weight excluding hydrogens is 390 g/mol. The predicted octanol–water partition coefficient (Wildman–Crippen LogP) is 4.78. The minimum absolute atomic E-state index is 0.330. The molecule has 0 aliphatic rings. The summed E-state index contributed by atoms with van der Waals surface area (Å²) in [6.45, 7) is 0. The van der Waals surface area contributed by atoms with Crippen molar-refractivity contribution in [3.8, 4) is 0 Å². The summed E-state index contributed by atoms with van der Waals surface area (Å²) in [5.74, 6) is 0. The first kappa shape index (κ1) is 19.7. The number of hydrogen-bond donors (Lipinski definition) is 0. The van der Waals surface area contributed by atoms with Crippen LogP contribution in [0.1, 0.15) is 0 Å². The molecule has 0 N–H and O–H groups in total. The van der Waals surface area contributed by atoms with E-state index in [-0.39, 0.29) is 0 Å². The molecule has 0 radical (unpaired) electrons. The molecule has 0 heterocycles. The number of carbonyl (C=O) groups excluding carboxylic acids is 1. The molecule has 0 aliphatic carbocycles. The van der Waals surface area contributed by atoms with Crippen molar-refractivity contribution in [3.05, 3.63) is 121 Å². The average Bonchev–Trinajstić information content (AvgIpc) is 2.80. The lowest BCUT2D eigenvalue weighted by atomic mass is 10.4. The van der Waals surface area contributed by atoms with Gasteiger partial charge >= 0.3 is 0 Å². The average molecular weight is 412 g/mol. The smallest absolute Gasteiger partial charge is 0.168 e. The molecule has 0 spiro atoms. The summed E-state index contributed by atoms with van der Waals surface area (Å²) < 4.78 is 0. The monoisotopic (exact) mass is 412 g/mol. The Morgan fingerprint density at radius 1 is 0.483 bits per heavy atom. The first-order valence-corrected chi connectivity index (χ1v) is 12.5. The van der Waals surface area contributed by atoms with Crippen LogP contribution in [0.2, 0.25) is 0 Å². The zero-order chi connectivity index (χ0) is 19.9. The molecule has 4 aromatic rings. The lowest BCUT2D eigenvalue weighted by Gasteiger charge is -2.22. The lowest BCUT2D eigenvalue weighted by Crippen LogP contribution is -2.23. The van der Waals surface area contributed by atoms with Crippen molar-refractivity contribution in [2.24, 2.45) is 0 Å². The predicted molar refractivity (Wildman–Crippen MR) is 128 cm³/mol. The van der Waals surface area contributed by atoms with E-state index in [9.17, 15) is 4.79 Å². The van der Waals surface area contributed by atoms with Crippen LogP contribution in [0.25, 0.3) is 0 Å². The molecular formula is C26H22OP2. The van der Waals surface area contributed by atoms with Gasteiger partial charge in [0, 0.05) is 14.1 Å². The molecule has 0 amide bonds. The second-order valence-corrected chi connectivity index (χ2v) is 11.1. The molecule has 0 fully saturated rings. The fourth-order valence-corrected chi connectivity index (χ4v) is 8.15. The second kappa shape index (κ2) is 9.75. The molecule has 29 heavy (non-hydrogen) atoms. The standard InChI is InChI=1S/C26H22OP2/c27-26(29(24-17-9-3-10-18-24)25-19-11-4-12-20-25)21-28(22-13-5-1-6-14-22)23-15-7-2-8-16-23/h1-20H,21H2. The van der Waals surface area contributed by atoms with Gasteiger partial charge in [-0.1, -0.05) is 121 Å². The number of hydrogen-bond acceptors (Lipinski definition) is 1. The van der Waals surface area contributed by atoms with E-state index in [1.807, 2.05) is 48.5 Å². The van der Waals surface area contributed by atoms with Crippen LogP contribution >= 0.6 is 15.8 Å². The maximum absolute atomic E-state index is 13.7. The molecule has 0 unspecified atom stereocenters. The van der Waals surface area contributed by atoms with Gasteiger partial charge in [0.25, 0.3) is 0 Å².